The van der Waals surface area contributed by atoms with E-state index in [2.05, 4.69) is 29.5 Å². The summed E-state index contributed by atoms with van der Waals surface area (Å²) in [4.78, 5) is 12.9. The number of carbonyl (C=O) groups excluding carboxylic acids is 1. The molecule has 6 nitrogen and oxygen atoms in total. The van der Waals surface area contributed by atoms with Crippen molar-refractivity contribution in [3.8, 4) is 11.4 Å². The van der Waals surface area contributed by atoms with Crippen LogP contribution in [-0.4, -0.2) is 20.3 Å². The van der Waals surface area contributed by atoms with Crippen LogP contribution in [0.15, 0.2) is 72.8 Å². The van der Waals surface area contributed by atoms with Crippen LogP contribution >= 0.6 is 12.2 Å². The highest BCUT2D eigenvalue weighted by Crippen LogP contribution is 2.19. The molecule has 0 fully saturated rings. The summed E-state index contributed by atoms with van der Waals surface area (Å²) < 4.78 is 9.80. The second kappa shape index (κ2) is 10.5. The van der Waals surface area contributed by atoms with Crippen LogP contribution in [0.2, 0.25) is 0 Å². The zero-order valence-electron chi connectivity index (χ0n) is 19.6. The molecule has 0 saturated carbocycles. The van der Waals surface area contributed by atoms with E-state index in [1.165, 1.54) is 5.56 Å². The minimum atomic E-state index is -0.189. The smallest absolute Gasteiger partial charge is 0.246 e. The third-order valence-corrected chi connectivity index (χ3v) is 6.19. The quantitative estimate of drug-likeness (QED) is 0.329. The number of nitrogens with zero attached hydrogens (tertiary/aromatic N) is 3. The Kier molecular flexibility index (Phi) is 7.23. The fourth-order valence-electron chi connectivity index (χ4n) is 3.67. The van der Waals surface area contributed by atoms with Gasteiger partial charge in [-0.25, -0.2) is 4.68 Å². The van der Waals surface area contributed by atoms with Gasteiger partial charge in [-0.15, -0.1) is 0 Å². The van der Waals surface area contributed by atoms with Crippen molar-refractivity contribution in [2.24, 2.45) is 0 Å². The van der Waals surface area contributed by atoms with Gasteiger partial charge in [-0.3, -0.25) is 9.36 Å². The number of ether oxygens (including phenoxy) is 1. The zero-order valence-corrected chi connectivity index (χ0v) is 20.4. The van der Waals surface area contributed by atoms with Crippen LogP contribution in [0.1, 0.15) is 29.4 Å². The summed E-state index contributed by atoms with van der Waals surface area (Å²) in [5.41, 5.74) is 5.07. The molecule has 4 aromatic rings. The summed E-state index contributed by atoms with van der Waals surface area (Å²) >= 11 is 5.74. The third-order valence-electron chi connectivity index (χ3n) is 5.79. The molecule has 0 atom stereocenters. The molecule has 1 amide bonds. The molecular weight excluding hydrogens is 444 g/mol. The predicted octanol–water partition coefficient (Wildman–Crippen LogP) is 5.80. The normalized spacial score (nSPS) is 10.8. The van der Waals surface area contributed by atoms with Crippen LogP contribution in [0.3, 0.4) is 0 Å². The Labute approximate surface area is 204 Å². The number of rotatable bonds is 8. The summed E-state index contributed by atoms with van der Waals surface area (Å²) in [7, 11) is 0. The molecule has 1 heterocycles. The maximum atomic E-state index is 12.9. The average molecular weight is 473 g/mol. The first kappa shape index (κ1) is 23.4. The van der Waals surface area contributed by atoms with Crippen molar-refractivity contribution >= 4 is 23.8 Å². The Morgan fingerprint density at radius 2 is 1.74 bits per heavy atom. The van der Waals surface area contributed by atoms with Crippen LogP contribution in [0.25, 0.3) is 5.69 Å². The van der Waals surface area contributed by atoms with Crippen molar-refractivity contribution in [3.05, 3.63) is 100 Å². The molecule has 0 bridgehead atoms. The number of carbonyl (C=O) groups is 1. The van der Waals surface area contributed by atoms with Gasteiger partial charge in [-0.05, 0) is 79.5 Å². The lowest BCUT2D eigenvalue weighted by Gasteiger charge is -2.10. The largest absolute Gasteiger partial charge is 0.486 e. The predicted molar refractivity (Wildman–Crippen MR) is 137 cm³/mol. The Hall–Kier alpha value is -3.71. The van der Waals surface area contributed by atoms with Gasteiger partial charge in [0.2, 0.25) is 10.7 Å². The van der Waals surface area contributed by atoms with Gasteiger partial charge in [-0.2, -0.15) is 5.10 Å². The minimum Gasteiger partial charge on any atom is -0.486 e. The lowest BCUT2D eigenvalue weighted by molar-refractivity contribution is -0.116. The van der Waals surface area contributed by atoms with Crippen molar-refractivity contribution in [1.29, 1.82) is 0 Å². The third kappa shape index (κ3) is 5.26. The van der Waals surface area contributed by atoms with Gasteiger partial charge in [0, 0.05) is 11.4 Å². The highest BCUT2D eigenvalue weighted by molar-refractivity contribution is 7.71. The molecule has 0 aliphatic heterocycles. The first-order chi connectivity index (χ1) is 16.5. The van der Waals surface area contributed by atoms with E-state index in [9.17, 15) is 4.79 Å². The van der Waals surface area contributed by atoms with E-state index >= 15 is 0 Å². The monoisotopic (exact) mass is 472 g/mol. The van der Waals surface area contributed by atoms with Gasteiger partial charge in [0.25, 0.3) is 0 Å². The Morgan fingerprint density at radius 3 is 2.44 bits per heavy atom. The molecule has 3 aromatic carbocycles. The number of nitrogens with one attached hydrogen (secondary N) is 1. The Morgan fingerprint density at radius 1 is 1.00 bits per heavy atom. The number of aryl methyl sites for hydroxylation is 2. The van der Waals surface area contributed by atoms with Gasteiger partial charge >= 0.3 is 0 Å². The van der Waals surface area contributed by atoms with E-state index in [-0.39, 0.29) is 19.1 Å². The SMILES string of the molecule is CCc1ccc(-n2c(COc3ccccc3)nn(CC(=O)Nc3cccc(C)c3C)c2=S)cc1. The standard InChI is InChI=1S/C27H28N4O2S/c1-4-21-13-15-22(16-14-21)31-25(18-33-23-10-6-5-7-11-23)29-30(27(31)34)17-26(32)28-24-12-8-9-19(2)20(24)3/h5-16H,4,17-18H2,1-3H3,(H,28,32). The molecule has 1 aromatic heterocycles. The first-order valence-corrected chi connectivity index (χ1v) is 11.7. The zero-order chi connectivity index (χ0) is 24.1. The van der Waals surface area contributed by atoms with Crippen molar-refractivity contribution < 1.29 is 9.53 Å². The molecular formula is C27H28N4O2S. The average Bonchev–Trinajstić information content (AvgIpc) is 3.16. The number of para-hydroxylation sites is 1. The van der Waals surface area contributed by atoms with E-state index in [0.717, 1.165) is 34.7 Å². The van der Waals surface area contributed by atoms with Gasteiger partial charge in [-0.1, -0.05) is 49.4 Å². The molecule has 4 rings (SSSR count). The van der Waals surface area contributed by atoms with E-state index in [1.807, 2.05) is 79.1 Å². The van der Waals surface area contributed by atoms with Crippen LogP contribution in [-0.2, 0) is 24.4 Å². The van der Waals surface area contributed by atoms with Crippen molar-refractivity contribution in [2.45, 2.75) is 40.3 Å². The second-order valence-electron chi connectivity index (χ2n) is 8.11. The molecule has 0 aliphatic carbocycles. The number of aromatic nitrogens is 3. The summed E-state index contributed by atoms with van der Waals surface area (Å²) in [6, 6.07) is 23.6. The maximum Gasteiger partial charge on any atom is 0.246 e. The topological polar surface area (TPSA) is 61.1 Å². The number of benzene rings is 3. The van der Waals surface area contributed by atoms with Gasteiger partial charge in [0.15, 0.2) is 5.82 Å². The van der Waals surface area contributed by atoms with Gasteiger partial charge in [0.05, 0.1) is 0 Å². The van der Waals surface area contributed by atoms with E-state index in [1.54, 1.807) is 4.68 Å². The van der Waals surface area contributed by atoms with Crippen LogP contribution in [0.5, 0.6) is 5.75 Å². The number of hydrogen-bond donors (Lipinski definition) is 1. The lowest BCUT2D eigenvalue weighted by Crippen LogP contribution is -2.20. The fourth-order valence-corrected chi connectivity index (χ4v) is 3.98. The minimum absolute atomic E-state index is 0.00456. The highest BCUT2D eigenvalue weighted by atomic mass is 32.1. The number of anilines is 1. The van der Waals surface area contributed by atoms with Crippen LogP contribution in [0.4, 0.5) is 5.69 Å². The molecule has 174 valence electrons. The molecule has 7 heteroatoms. The molecule has 0 spiro atoms. The summed E-state index contributed by atoms with van der Waals surface area (Å²) in [6.07, 6.45) is 0.952. The summed E-state index contributed by atoms with van der Waals surface area (Å²) in [6.45, 7) is 6.35. The Bertz CT molecular complexity index is 1340. The maximum absolute atomic E-state index is 12.9. The number of amides is 1. The number of hydrogen-bond acceptors (Lipinski definition) is 4. The molecule has 0 radical (unpaired) electrons. The fraction of sp³-hybridized carbons (Fsp3) is 0.222. The molecule has 0 unspecified atom stereocenters. The second-order valence-corrected chi connectivity index (χ2v) is 8.47. The van der Waals surface area contributed by atoms with Gasteiger partial charge in [0.1, 0.15) is 18.9 Å². The van der Waals surface area contributed by atoms with Crippen LogP contribution in [0, 0.1) is 18.6 Å². The van der Waals surface area contributed by atoms with E-state index in [0.29, 0.717) is 10.6 Å². The van der Waals surface area contributed by atoms with Crippen LogP contribution < -0.4 is 10.1 Å². The summed E-state index contributed by atoms with van der Waals surface area (Å²) in [5, 5.41) is 7.64. The molecule has 1 N–H and O–H groups in total. The highest BCUT2D eigenvalue weighted by Gasteiger charge is 2.16. The van der Waals surface area contributed by atoms with Gasteiger partial charge < -0.3 is 10.1 Å². The molecule has 34 heavy (non-hydrogen) atoms. The first-order valence-electron chi connectivity index (χ1n) is 11.3. The van der Waals surface area contributed by atoms with E-state index < -0.39 is 0 Å². The van der Waals surface area contributed by atoms with Crippen molar-refractivity contribution in [1.82, 2.24) is 14.3 Å². The Balaban J connectivity index is 1.62. The van der Waals surface area contributed by atoms with Crippen molar-refractivity contribution in [3.63, 3.8) is 0 Å². The van der Waals surface area contributed by atoms with Crippen molar-refractivity contribution in [2.75, 3.05) is 5.32 Å². The molecule has 0 saturated heterocycles. The molecule has 0 aliphatic rings. The van der Waals surface area contributed by atoms with E-state index in [4.69, 9.17) is 17.0 Å². The lowest BCUT2D eigenvalue weighted by atomic mass is 10.1. The summed E-state index contributed by atoms with van der Waals surface area (Å²) in [5.74, 6) is 1.17.